The number of aliphatic hydroxyl groups excluding tert-OH is 1. The van der Waals surface area contributed by atoms with Gasteiger partial charge in [0.1, 0.15) is 19.1 Å². The van der Waals surface area contributed by atoms with Crippen LogP contribution in [0.3, 0.4) is 0 Å². The van der Waals surface area contributed by atoms with Crippen LogP contribution in [-0.4, -0.2) is 46.1 Å². The summed E-state index contributed by atoms with van der Waals surface area (Å²) in [5, 5.41) is 15.4. The first-order valence-electron chi connectivity index (χ1n) is 8.57. The molecule has 0 bridgehead atoms. The van der Waals surface area contributed by atoms with E-state index in [1.165, 1.54) is 10.8 Å². The predicted octanol–water partition coefficient (Wildman–Crippen LogP) is 2.03. The fourth-order valence-corrected chi connectivity index (χ4v) is 3.43. The molecule has 0 saturated carbocycles. The van der Waals surface area contributed by atoms with E-state index >= 15 is 0 Å². The Balaban J connectivity index is 1.76. The fraction of sp³-hybridized carbons (Fsp3) is 0.353. The molecule has 0 aliphatic carbocycles. The van der Waals surface area contributed by atoms with Crippen LogP contribution in [0, 0.1) is 3.57 Å². The zero-order chi connectivity index (χ0) is 20.8. The van der Waals surface area contributed by atoms with E-state index in [-0.39, 0.29) is 31.5 Å². The Hall–Kier alpha value is -2.51. The van der Waals surface area contributed by atoms with E-state index in [1.807, 2.05) is 22.6 Å². The number of azide groups is 1. The highest BCUT2D eigenvalue weighted by molar-refractivity contribution is 14.1. The number of aliphatic hydroxyl groups is 1. The molecule has 0 unspecified atom stereocenters. The van der Waals surface area contributed by atoms with Crippen LogP contribution in [0.2, 0.25) is 0 Å². The van der Waals surface area contributed by atoms with E-state index in [1.54, 1.807) is 30.3 Å². The minimum atomic E-state index is -0.712. The molecule has 1 aromatic heterocycles. The Bertz CT molecular complexity index is 978. The number of nitrogens with zero attached hydrogens (tertiary/aromatic N) is 5. The van der Waals surface area contributed by atoms with Crippen LogP contribution in [0.25, 0.3) is 10.4 Å². The van der Waals surface area contributed by atoms with Crippen LogP contribution in [-0.2, 0) is 9.47 Å². The van der Waals surface area contributed by atoms with Gasteiger partial charge in [0.15, 0.2) is 5.82 Å². The number of nitrogens with one attached hydrogen (secondary N) is 1. The first-order valence-corrected chi connectivity index (χ1v) is 9.65. The van der Waals surface area contributed by atoms with Crippen LogP contribution in [0.5, 0.6) is 0 Å². The number of amides is 1. The highest BCUT2D eigenvalue weighted by Crippen LogP contribution is 2.30. The lowest BCUT2D eigenvalue weighted by Crippen LogP contribution is -2.29. The van der Waals surface area contributed by atoms with Gasteiger partial charge in [-0.1, -0.05) is 23.3 Å². The van der Waals surface area contributed by atoms with E-state index in [0.29, 0.717) is 9.13 Å². The third-order valence-electron chi connectivity index (χ3n) is 4.26. The summed E-state index contributed by atoms with van der Waals surface area (Å²) in [4.78, 5) is 31.4. The smallest absolute Gasteiger partial charge is 0.351 e. The van der Waals surface area contributed by atoms with Crippen molar-refractivity contribution in [3.05, 3.63) is 66.6 Å². The number of aromatic nitrogens is 2. The Kier molecular flexibility index (Phi) is 7.17. The van der Waals surface area contributed by atoms with Crippen LogP contribution in [0.1, 0.15) is 23.0 Å². The summed E-state index contributed by atoms with van der Waals surface area (Å²) < 4.78 is 12.9. The van der Waals surface area contributed by atoms with E-state index in [0.717, 1.165) is 0 Å². The fourth-order valence-electron chi connectivity index (χ4n) is 2.87. The maximum Gasteiger partial charge on any atom is 0.351 e. The molecular formula is C17H17IN6O5. The number of carbonyl (C=O) groups excluding carboxylic acids is 1. The van der Waals surface area contributed by atoms with Crippen molar-refractivity contribution >= 4 is 34.3 Å². The maximum absolute atomic E-state index is 12.5. The molecule has 29 heavy (non-hydrogen) atoms. The molecule has 1 aromatic carbocycles. The Morgan fingerprint density at radius 2 is 2.24 bits per heavy atom. The molecule has 2 N–H and O–H groups in total. The minimum absolute atomic E-state index is 0.147. The first kappa shape index (κ1) is 21.2. The van der Waals surface area contributed by atoms with E-state index < -0.39 is 24.1 Å². The maximum atomic E-state index is 12.5. The van der Waals surface area contributed by atoms with Crippen LogP contribution in [0.15, 0.2) is 46.4 Å². The van der Waals surface area contributed by atoms with E-state index in [4.69, 9.17) is 15.0 Å². The molecule has 1 amide bonds. The third-order valence-corrected chi connectivity index (χ3v) is 5.04. The number of rotatable bonds is 7. The second kappa shape index (κ2) is 9.80. The largest absolute Gasteiger partial charge is 0.394 e. The molecule has 11 nitrogen and oxygen atoms in total. The summed E-state index contributed by atoms with van der Waals surface area (Å²) in [6.45, 7) is -0.523. The third kappa shape index (κ3) is 5.10. The van der Waals surface area contributed by atoms with Crippen molar-refractivity contribution < 1.29 is 19.4 Å². The van der Waals surface area contributed by atoms with Crippen molar-refractivity contribution in [3.8, 4) is 0 Å². The molecule has 12 heteroatoms. The lowest BCUT2D eigenvalue weighted by Gasteiger charge is -2.16. The first-order chi connectivity index (χ1) is 14.0. The molecule has 0 spiro atoms. The quantitative estimate of drug-likeness (QED) is 0.251. The molecule has 1 aliphatic heterocycles. The van der Waals surface area contributed by atoms with Gasteiger partial charge in [-0.25, -0.2) is 4.79 Å². The summed E-state index contributed by atoms with van der Waals surface area (Å²) in [7, 11) is 0. The molecule has 1 saturated heterocycles. The molecular weight excluding hydrogens is 495 g/mol. The Labute approximate surface area is 178 Å². The van der Waals surface area contributed by atoms with Crippen molar-refractivity contribution in [2.45, 2.75) is 24.9 Å². The standard InChI is InChI=1S/C17H17IN6O5/c18-11-7-24(14-6-12(13(8-25)29-14)28-9-20-23-19)17(27)22-15(11)21-16(26)10-4-2-1-3-5-10/h1-5,7,12-14,25H,6,8-9H2,(H,21,22,26,27)/t12-,13-,14-/m0/s1. The molecule has 152 valence electrons. The zero-order valence-corrected chi connectivity index (χ0v) is 17.2. The van der Waals surface area contributed by atoms with Gasteiger partial charge in [-0.2, -0.15) is 4.98 Å². The molecule has 1 fully saturated rings. The topological polar surface area (TPSA) is 151 Å². The lowest BCUT2D eigenvalue weighted by molar-refractivity contribution is -0.0612. The van der Waals surface area contributed by atoms with Crippen molar-refractivity contribution in [3.63, 3.8) is 0 Å². The van der Waals surface area contributed by atoms with Gasteiger partial charge in [-0.3, -0.25) is 9.36 Å². The summed E-state index contributed by atoms with van der Waals surface area (Å²) in [6.07, 6.45) is -0.144. The molecule has 2 aromatic rings. The number of benzene rings is 1. The molecule has 2 heterocycles. The van der Waals surface area contributed by atoms with E-state index in [2.05, 4.69) is 20.3 Å². The summed E-state index contributed by atoms with van der Waals surface area (Å²) in [5.41, 5.74) is 8.16. The van der Waals surface area contributed by atoms with Gasteiger partial charge in [-0.05, 0) is 40.3 Å². The van der Waals surface area contributed by atoms with Crippen molar-refractivity contribution in [1.82, 2.24) is 9.55 Å². The average Bonchev–Trinajstić information content (AvgIpc) is 3.14. The number of carbonyl (C=O) groups is 1. The lowest BCUT2D eigenvalue weighted by atomic mass is 10.2. The van der Waals surface area contributed by atoms with Crippen LogP contribution < -0.4 is 11.0 Å². The zero-order valence-electron chi connectivity index (χ0n) is 15.0. The number of anilines is 1. The van der Waals surface area contributed by atoms with Gasteiger partial charge in [0.25, 0.3) is 5.91 Å². The summed E-state index contributed by atoms with van der Waals surface area (Å²) in [6, 6.07) is 8.58. The van der Waals surface area contributed by atoms with Gasteiger partial charge < -0.3 is 19.9 Å². The van der Waals surface area contributed by atoms with Crippen molar-refractivity contribution in [2.24, 2.45) is 5.11 Å². The number of ether oxygens (including phenoxy) is 2. The molecule has 1 aliphatic rings. The minimum Gasteiger partial charge on any atom is -0.394 e. The monoisotopic (exact) mass is 512 g/mol. The predicted molar refractivity (Wildman–Crippen MR) is 110 cm³/mol. The molecule has 3 atom stereocenters. The molecule has 0 radical (unpaired) electrons. The van der Waals surface area contributed by atoms with Gasteiger partial charge in [0.2, 0.25) is 0 Å². The SMILES string of the molecule is [N-]=[N+]=NCO[C@H]1C[C@@H](n2cc(I)c(NC(=O)c3ccccc3)nc2=O)O[C@H]1CO. The summed E-state index contributed by atoms with van der Waals surface area (Å²) >= 11 is 1.96. The Morgan fingerprint density at radius 3 is 2.93 bits per heavy atom. The van der Waals surface area contributed by atoms with Gasteiger partial charge in [0.05, 0.1) is 16.3 Å². The van der Waals surface area contributed by atoms with Gasteiger partial charge >= 0.3 is 5.69 Å². The Morgan fingerprint density at radius 1 is 1.48 bits per heavy atom. The number of hydrogen-bond donors (Lipinski definition) is 2. The van der Waals surface area contributed by atoms with Crippen LogP contribution >= 0.6 is 22.6 Å². The second-order valence-electron chi connectivity index (χ2n) is 6.06. The van der Waals surface area contributed by atoms with Crippen molar-refractivity contribution in [2.75, 3.05) is 18.7 Å². The second-order valence-corrected chi connectivity index (χ2v) is 7.22. The number of halogens is 1. The van der Waals surface area contributed by atoms with Gasteiger partial charge in [-0.15, -0.1) is 0 Å². The summed E-state index contributed by atoms with van der Waals surface area (Å²) in [5.74, 6) is -0.231. The van der Waals surface area contributed by atoms with Gasteiger partial charge in [0, 0.05) is 23.1 Å². The molecule has 3 rings (SSSR count). The van der Waals surface area contributed by atoms with E-state index in [9.17, 15) is 14.7 Å². The normalized spacial score (nSPS) is 20.8. The highest BCUT2D eigenvalue weighted by Gasteiger charge is 2.37. The average molecular weight is 512 g/mol. The van der Waals surface area contributed by atoms with Crippen LogP contribution in [0.4, 0.5) is 5.82 Å². The highest BCUT2D eigenvalue weighted by atomic mass is 127. The number of hydrogen-bond acceptors (Lipinski definition) is 7. The van der Waals surface area contributed by atoms with Crippen molar-refractivity contribution in [1.29, 1.82) is 0 Å².